The molecule has 0 saturated heterocycles. The van der Waals surface area contributed by atoms with Gasteiger partial charge in [0.1, 0.15) is 0 Å². The van der Waals surface area contributed by atoms with Crippen LogP contribution in [0.5, 0.6) is 0 Å². The molecule has 0 aliphatic carbocycles. The van der Waals surface area contributed by atoms with Gasteiger partial charge in [0.25, 0.3) is 0 Å². The summed E-state index contributed by atoms with van der Waals surface area (Å²) in [6.07, 6.45) is 7.02. The van der Waals surface area contributed by atoms with Gasteiger partial charge in [0.05, 0.1) is 0 Å². The van der Waals surface area contributed by atoms with Crippen LogP contribution >= 0.6 is 0 Å². The Hall–Kier alpha value is -1.15. The number of rotatable bonds is 7. The molecule has 0 aromatic carbocycles. The van der Waals surface area contributed by atoms with Crippen molar-refractivity contribution in [3.8, 4) is 0 Å². The molecule has 1 unspecified atom stereocenters. The molecule has 0 aliphatic heterocycles. The standard InChI is InChI=1S/C13H20N2/c1-3-5-8-12(14-4-2)11-13-9-6-7-10-15-13/h3,6-7,9-10,12,14H,1,4-5,8,11H2,2H3. The summed E-state index contributed by atoms with van der Waals surface area (Å²) in [5, 5.41) is 3.48. The van der Waals surface area contributed by atoms with Crippen molar-refractivity contribution >= 4 is 0 Å². The molecule has 0 fully saturated rings. The Balaban J connectivity index is 2.46. The Kier molecular flexibility index (Phi) is 5.71. The van der Waals surface area contributed by atoms with Crippen LogP contribution < -0.4 is 5.32 Å². The molecule has 1 heterocycles. The average molecular weight is 204 g/mol. The van der Waals surface area contributed by atoms with Gasteiger partial charge < -0.3 is 5.32 Å². The Morgan fingerprint density at radius 2 is 2.40 bits per heavy atom. The van der Waals surface area contributed by atoms with E-state index in [1.54, 1.807) is 0 Å². The SMILES string of the molecule is C=CCCC(Cc1ccccn1)NCC. The van der Waals surface area contributed by atoms with Gasteiger partial charge in [-0.1, -0.05) is 19.1 Å². The minimum Gasteiger partial charge on any atom is -0.314 e. The van der Waals surface area contributed by atoms with Crippen LogP contribution in [0, 0.1) is 0 Å². The first-order valence-electron chi connectivity index (χ1n) is 5.61. The molecule has 2 nitrogen and oxygen atoms in total. The van der Waals surface area contributed by atoms with Crippen molar-refractivity contribution in [3.63, 3.8) is 0 Å². The second-order valence-electron chi connectivity index (χ2n) is 3.65. The van der Waals surface area contributed by atoms with Gasteiger partial charge in [-0.05, 0) is 31.5 Å². The quantitative estimate of drug-likeness (QED) is 0.690. The highest BCUT2D eigenvalue weighted by Crippen LogP contribution is 2.05. The molecular weight excluding hydrogens is 184 g/mol. The number of nitrogens with zero attached hydrogens (tertiary/aromatic N) is 1. The summed E-state index contributed by atoms with van der Waals surface area (Å²) in [7, 11) is 0. The predicted molar refractivity (Wildman–Crippen MR) is 64.8 cm³/mol. The Morgan fingerprint density at radius 1 is 1.53 bits per heavy atom. The third kappa shape index (κ3) is 4.75. The highest BCUT2D eigenvalue weighted by molar-refractivity contribution is 5.05. The third-order valence-electron chi connectivity index (χ3n) is 2.39. The van der Waals surface area contributed by atoms with Gasteiger partial charge in [0, 0.05) is 24.4 Å². The zero-order valence-electron chi connectivity index (χ0n) is 9.45. The summed E-state index contributed by atoms with van der Waals surface area (Å²) < 4.78 is 0. The van der Waals surface area contributed by atoms with Crippen molar-refractivity contribution in [2.45, 2.75) is 32.2 Å². The summed E-state index contributed by atoms with van der Waals surface area (Å²) in [5.41, 5.74) is 1.16. The molecule has 0 aliphatic rings. The zero-order chi connectivity index (χ0) is 10.9. The van der Waals surface area contributed by atoms with E-state index in [9.17, 15) is 0 Å². The molecule has 1 aromatic heterocycles. The van der Waals surface area contributed by atoms with Gasteiger partial charge in [-0.2, -0.15) is 0 Å². The molecule has 0 amide bonds. The highest BCUT2D eigenvalue weighted by Gasteiger charge is 2.07. The lowest BCUT2D eigenvalue weighted by molar-refractivity contribution is 0.490. The second kappa shape index (κ2) is 7.18. The molecule has 1 N–H and O–H groups in total. The molecule has 1 atom stereocenters. The maximum atomic E-state index is 4.34. The van der Waals surface area contributed by atoms with E-state index in [1.807, 2.05) is 24.4 Å². The van der Waals surface area contributed by atoms with Crippen LogP contribution in [0.25, 0.3) is 0 Å². The zero-order valence-corrected chi connectivity index (χ0v) is 9.45. The van der Waals surface area contributed by atoms with E-state index in [0.717, 1.165) is 31.5 Å². The van der Waals surface area contributed by atoms with Gasteiger partial charge >= 0.3 is 0 Å². The molecule has 1 aromatic rings. The van der Waals surface area contributed by atoms with Crippen LogP contribution in [0.2, 0.25) is 0 Å². The Labute approximate surface area is 92.4 Å². The number of allylic oxidation sites excluding steroid dienone is 1. The van der Waals surface area contributed by atoms with E-state index >= 15 is 0 Å². The van der Waals surface area contributed by atoms with Crippen LogP contribution in [0.15, 0.2) is 37.1 Å². The van der Waals surface area contributed by atoms with E-state index in [1.165, 1.54) is 0 Å². The molecule has 0 saturated carbocycles. The van der Waals surface area contributed by atoms with E-state index in [0.29, 0.717) is 6.04 Å². The first-order valence-corrected chi connectivity index (χ1v) is 5.61. The van der Waals surface area contributed by atoms with Gasteiger partial charge in [-0.3, -0.25) is 4.98 Å². The number of likely N-dealkylation sites (N-methyl/N-ethyl adjacent to an activating group) is 1. The number of hydrogen-bond acceptors (Lipinski definition) is 2. The fourth-order valence-electron chi connectivity index (χ4n) is 1.66. The lowest BCUT2D eigenvalue weighted by Crippen LogP contribution is -2.31. The van der Waals surface area contributed by atoms with Crippen molar-refractivity contribution in [1.29, 1.82) is 0 Å². The number of aromatic nitrogens is 1. The van der Waals surface area contributed by atoms with Crippen molar-refractivity contribution < 1.29 is 0 Å². The van der Waals surface area contributed by atoms with Gasteiger partial charge in [-0.25, -0.2) is 0 Å². The number of nitrogens with one attached hydrogen (secondary N) is 1. The fraction of sp³-hybridized carbons (Fsp3) is 0.462. The van der Waals surface area contributed by atoms with E-state index in [4.69, 9.17) is 0 Å². The first kappa shape index (κ1) is 11.9. The maximum Gasteiger partial charge on any atom is 0.0419 e. The smallest absolute Gasteiger partial charge is 0.0419 e. The molecular formula is C13H20N2. The molecule has 15 heavy (non-hydrogen) atoms. The predicted octanol–water partition coefficient (Wildman–Crippen LogP) is 2.57. The molecule has 82 valence electrons. The summed E-state index contributed by atoms with van der Waals surface area (Å²) in [6.45, 7) is 6.90. The summed E-state index contributed by atoms with van der Waals surface area (Å²) in [5.74, 6) is 0. The van der Waals surface area contributed by atoms with Crippen molar-refractivity contribution in [1.82, 2.24) is 10.3 Å². The molecule has 1 rings (SSSR count). The van der Waals surface area contributed by atoms with Crippen LogP contribution in [-0.4, -0.2) is 17.6 Å². The maximum absolute atomic E-state index is 4.34. The monoisotopic (exact) mass is 204 g/mol. The van der Waals surface area contributed by atoms with Crippen molar-refractivity contribution in [2.75, 3.05) is 6.54 Å². The van der Waals surface area contributed by atoms with Gasteiger partial charge in [0.15, 0.2) is 0 Å². The molecule has 2 heteroatoms. The van der Waals surface area contributed by atoms with Crippen LogP contribution in [0.3, 0.4) is 0 Å². The average Bonchev–Trinajstić information content (AvgIpc) is 2.28. The normalized spacial score (nSPS) is 12.3. The van der Waals surface area contributed by atoms with Gasteiger partial charge in [-0.15, -0.1) is 6.58 Å². The molecule has 0 radical (unpaired) electrons. The van der Waals surface area contributed by atoms with E-state index in [2.05, 4.69) is 29.9 Å². The van der Waals surface area contributed by atoms with E-state index < -0.39 is 0 Å². The fourth-order valence-corrected chi connectivity index (χ4v) is 1.66. The topological polar surface area (TPSA) is 24.9 Å². The lowest BCUT2D eigenvalue weighted by atomic mass is 10.1. The summed E-state index contributed by atoms with van der Waals surface area (Å²) in [6, 6.07) is 6.59. The Morgan fingerprint density at radius 3 is 3.00 bits per heavy atom. The summed E-state index contributed by atoms with van der Waals surface area (Å²) >= 11 is 0. The molecule has 0 spiro atoms. The largest absolute Gasteiger partial charge is 0.314 e. The third-order valence-corrected chi connectivity index (χ3v) is 2.39. The lowest BCUT2D eigenvalue weighted by Gasteiger charge is -2.16. The van der Waals surface area contributed by atoms with Crippen LogP contribution in [0.1, 0.15) is 25.5 Å². The second-order valence-corrected chi connectivity index (χ2v) is 3.65. The Bertz CT molecular complexity index is 269. The van der Waals surface area contributed by atoms with Crippen molar-refractivity contribution in [2.24, 2.45) is 0 Å². The van der Waals surface area contributed by atoms with Crippen LogP contribution in [0.4, 0.5) is 0 Å². The van der Waals surface area contributed by atoms with Crippen LogP contribution in [-0.2, 0) is 6.42 Å². The highest BCUT2D eigenvalue weighted by atomic mass is 14.9. The number of hydrogen-bond donors (Lipinski definition) is 1. The molecule has 0 bridgehead atoms. The van der Waals surface area contributed by atoms with Gasteiger partial charge in [0.2, 0.25) is 0 Å². The number of pyridine rings is 1. The minimum atomic E-state index is 0.517. The minimum absolute atomic E-state index is 0.517. The first-order chi connectivity index (χ1) is 7.36. The van der Waals surface area contributed by atoms with E-state index in [-0.39, 0.29) is 0 Å². The van der Waals surface area contributed by atoms with Crippen molar-refractivity contribution in [3.05, 3.63) is 42.7 Å². The summed E-state index contributed by atoms with van der Waals surface area (Å²) in [4.78, 5) is 4.34.